The maximum Gasteiger partial charge on any atom is 0.308 e. The molecular formula is C16H19NO4. The molecule has 0 aromatic carbocycles. The molecule has 4 rings (SSSR count). The van der Waals surface area contributed by atoms with E-state index < -0.39 is 17.9 Å². The highest BCUT2D eigenvalue weighted by atomic mass is 16.4. The Morgan fingerprint density at radius 3 is 2.19 bits per heavy atom. The lowest BCUT2D eigenvalue weighted by Gasteiger charge is -2.34. The zero-order chi connectivity index (χ0) is 14.7. The maximum absolute atomic E-state index is 12.7. The quantitative estimate of drug-likeness (QED) is 0.616. The summed E-state index contributed by atoms with van der Waals surface area (Å²) in [5.74, 6) is -1.83. The van der Waals surface area contributed by atoms with Gasteiger partial charge in [0.25, 0.3) is 0 Å². The van der Waals surface area contributed by atoms with Crippen LogP contribution in [0.5, 0.6) is 0 Å². The first-order chi connectivity index (χ1) is 10.1. The summed E-state index contributed by atoms with van der Waals surface area (Å²) in [6.45, 7) is 0. The number of likely N-dealkylation sites (tertiary alicyclic amines) is 1. The number of carbonyl (C=O) groups excluding carboxylic acids is 2. The maximum atomic E-state index is 12.7. The molecule has 5 heteroatoms. The van der Waals surface area contributed by atoms with Gasteiger partial charge in [-0.3, -0.25) is 19.3 Å². The van der Waals surface area contributed by atoms with E-state index in [4.69, 9.17) is 0 Å². The van der Waals surface area contributed by atoms with Crippen molar-refractivity contribution < 1.29 is 19.5 Å². The molecule has 2 amide bonds. The first kappa shape index (κ1) is 13.0. The number of amides is 2. The summed E-state index contributed by atoms with van der Waals surface area (Å²) >= 11 is 0. The number of fused-ring (bicyclic) bond motifs is 3. The Morgan fingerprint density at radius 2 is 1.62 bits per heavy atom. The predicted molar refractivity (Wildman–Crippen MR) is 73.0 cm³/mol. The number of rotatable bonds is 2. The Balaban J connectivity index is 1.68. The molecule has 1 saturated heterocycles. The van der Waals surface area contributed by atoms with Crippen molar-refractivity contribution in [3.8, 4) is 0 Å². The van der Waals surface area contributed by atoms with Crippen molar-refractivity contribution in [1.29, 1.82) is 0 Å². The summed E-state index contributed by atoms with van der Waals surface area (Å²) in [5.41, 5.74) is 0. The van der Waals surface area contributed by atoms with E-state index in [0.717, 1.165) is 19.3 Å². The van der Waals surface area contributed by atoms with Crippen LogP contribution in [0.4, 0.5) is 0 Å². The molecule has 1 heterocycles. The van der Waals surface area contributed by atoms with Crippen LogP contribution in [0.25, 0.3) is 0 Å². The smallest absolute Gasteiger partial charge is 0.308 e. The van der Waals surface area contributed by atoms with Crippen molar-refractivity contribution in [3.05, 3.63) is 12.2 Å². The molecule has 112 valence electrons. The van der Waals surface area contributed by atoms with Gasteiger partial charge in [-0.15, -0.1) is 0 Å². The van der Waals surface area contributed by atoms with Crippen molar-refractivity contribution in [1.82, 2.24) is 4.90 Å². The lowest BCUT2D eigenvalue weighted by atomic mass is 9.83. The summed E-state index contributed by atoms with van der Waals surface area (Å²) in [6.07, 6.45) is 7.88. The number of carbonyl (C=O) groups is 3. The van der Waals surface area contributed by atoms with Gasteiger partial charge in [0.05, 0.1) is 23.8 Å². The van der Waals surface area contributed by atoms with E-state index in [2.05, 4.69) is 0 Å². The molecule has 0 spiro atoms. The van der Waals surface area contributed by atoms with Crippen LogP contribution in [-0.2, 0) is 14.4 Å². The van der Waals surface area contributed by atoms with Crippen molar-refractivity contribution in [3.63, 3.8) is 0 Å². The van der Waals surface area contributed by atoms with Gasteiger partial charge in [-0.05, 0) is 43.9 Å². The number of allylic oxidation sites excluding steroid dienone is 2. The van der Waals surface area contributed by atoms with Crippen LogP contribution in [-0.4, -0.2) is 33.8 Å². The third kappa shape index (κ3) is 1.66. The number of hydrogen-bond donors (Lipinski definition) is 1. The Labute approximate surface area is 123 Å². The molecule has 6 unspecified atom stereocenters. The van der Waals surface area contributed by atoms with E-state index in [1.54, 1.807) is 0 Å². The Hall–Kier alpha value is -1.65. The van der Waals surface area contributed by atoms with Gasteiger partial charge in [0, 0.05) is 0 Å². The minimum absolute atomic E-state index is 0.127. The Morgan fingerprint density at radius 1 is 1.05 bits per heavy atom. The van der Waals surface area contributed by atoms with Gasteiger partial charge in [0.1, 0.15) is 0 Å². The minimum atomic E-state index is -0.846. The highest BCUT2D eigenvalue weighted by Gasteiger charge is 2.59. The SMILES string of the molecule is O=C(O)C1C2CCC(C2)C1N1C(=O)C2CC=CCC2C1=O. The third-order valence-electron chi connectivity index (χ3n) is 6.00. The first-order valence-electron chi connectivity index (χ1n) is 7.84. The third-order valence-corrected chi connectivity index (χ3v) is 6.00. The summed E-state index contributed by atoms with van der Waals surface area (Å²) in [6, 6.07) is -0.396. The zero-order valence-electron chi connectivity index (χ0n) is 11.8. The molecule has 1 aliphatic heterocycles. The van der Waals surface area contributed by atoms with Crippen LogP contribution in [0.1, 0.15) is 32.1 Å². The number of hydrogen-bond acceptors (Lipinski definition) is 3. The van der Waals surface area contributed by atoms with Gasteiger partial charge in [-0.1, -0.05) is 12.2 Å². The van der Waals surface area contributed by atoms with Crippen molar-refractivity contribution >= 4 is 17.8 Å². The number of carboxylic acid groups (broad SMARTS) is 1. The van der Waals surface area contributed by atoms with Crippen molar-refractivity contribution in [2.24, 2.45) is 29.6 Å². The second-order valence-electron chi connectivity index (χ2n) is 6.89. The zero-order valence-corrected chi connectivity index (χ0v) is 11.8. The summed E-state index contributed by atoms with van der Waals surface area (Å²) in [4.78, 5) is 38.3. The van der Waals surface area contributed by atoms with Crippen molar-refractivity contribution in [2.45, 2.75) is 38.1 Å². The normalized spacial score (nSPS) is 44.5. The molecule has 2 bridgehead atoms. The van der Waals surface area contributed by atoms with Gasteiger partial charge in [0.15, 0.2) is 0 Å². The molecule has 3 fully saturated rings. The number of aliphatic carboxylic acids is 1. The van der Waals surface area contributed by atoms with Gasteiger partial charge < -0.3 is 5.11 Å². The molecule has 4 aliphatic rings. The molecule has 1 N–H and O–H groups in total. The van der Waals surface area contributed by atoms with Crippen LogP contribution >= 0.6 is 0 Å². The summed E-state index contributed by atoms with van der Waals surface area (Å²) in [5, 5.41) is 9.54. The summed E-state index contributed by atoms with van der Waals surface area (Å²) < 4.78 is 0. The average molecular weight is 289 g/mol. The predicted octanol–water partition coefficient (Wildman–Crippen LogP) is 1.44. The van der Waals surface area contributed by atoms with Crippen LogP contribution in [0.3, 0.4) is 0 Å². The molecule has 21 heavy (non-hydrogen) atoms. The monoisotopic (exact) mass is 289 g/mol. The van der Waals surface area contributed by atoms with Gasteiger partial charge in [0.2, 0.25) is 11.8 Å². The lowest BCUT2D eigenvalue weighted by Crippen LogP contribution is -2.50. The van der Waals surface area contributed by atoms with E-state index in [-0.39, 0.29) is 35.5 Å². The Kier molecular flexibility index (Phi) is 2.75. The van der Waals surface area contributed by atoms with Gasteiger partial charge in [-0.25, -0.2) is 0 Å². The molecule has 6 atom stereocenters. The van der Waals surface area contributed by atoms with Gasteiger partial charge in [-0.2, -0.15) is 0 Å². The second-order valence-corrected chi connectivity index (χ2v) is 6.89. The van der Waals surface area contributed by atoms with E-state index >= 15 is 0 Å². The summed E-state index contributed by atoms with van der Waals surface area (Å²) in [7, 11) is 0. The van der Waals surface area contributed by atoms with E-state index in [1.807, 2.05) is 12.2 Å². The highest BCUT2D eigenvalue weighted by molar-refractivity contribution is 6.06. The molecule has 0 aromatic heterocycles. The van der Waals surface area contributed by atoms with E-state index in [1.165, 1.54) is 4.90 Å². The van der Waals surface area contributed by atoms with E-state index in [9.17, 15) is 19.5 Å². The molecule has 0 aromatic rings. The fraction of sp³-hybridized carbons (Fsp3) is 0.688. The van der Waals surface area contributed by atoms with Crippen LogP contribution in [0.15, 0.2) is 12.2 Å². The molecule has 0 radical (unpaired) electrons. The number of carboxylic acids is 1. The number of nitrogens with zero attached hydrogens (tertiary/aromatic N) is 1. The van der Waals surface area contributed by atoms with Crippen molar-refractivity contribution in [2.75, 3.05) is 0 Å². The standard InChI is InChI=1S/C16H19NO4/c18-14-10-3-1-2-4-11(10)15(19)17(14)13-9-6-5-8(7-9)12(13)16(20)21/h1-2,8-13H,3-7H2,(H,20,21). The second kappa shape index (κ2) is 4.42. The fourth-order valence-electron chi connectivity index (χ4n) is 5.10. The van der Waals surface area contributed by atoms with E-state index in [0.29, 0.717) is 12.8 Å². The topological polar surface area (TPSA) is 74.7 Å². The lowest BCUT2D eigenvalue weighted by molar-refractivity contribution is -0.152. The van der Waals surface area contributed by atoms with Crippen LogP contribution < -0.4 is 0 Å². The van der Waals surface area contributed by atoms with Crippen LogP contribution in [0.2, 0.25) is 0 Å². The van der Waals surface area contributed by atoms with Crippen LogP contribution in [0, 0.1) is 29.6 Å². The average Bonchev–Trinajstić information content (AvgIpc) is 3.13. The number of imide groups is 1. The molecular weight excluding hydrogens is 270 g/mol. The van der Waals surface area contributed by atoms with Gasteiger partial charge >= 0.3 is 5.97 Å². The molecule has 5 nitrogen and oxygen atoms in total. The molecule has 3 aliphatic carbocycles. The minimum Gasteiger partial charge on any atom is -0.481 e. The molecule has 2 saturated carbocycles. The largest absolute Gasteiger partial charge is 0.481 e. The highest BCUT2D eigenvalue weighted by Crippen LogP contribution is 2.52. The fourth-order valence-corrected chi connectivity index (χ4v) is 5.10. The Bertz CT molecular complexity index is 528. The first-order valence-corrected chi connectivity index (χ1v) is 7.84.